The minimum atomic E-state index is -0.516. The Morgan fingerprint density at radius 1 is 0.909 bits per heavy atom. The number of hydrogen-bond acceptors (Lipinski definition) is 7. The van der Waals surface area contributed by atoms with Crippen molar-refractivity contribution < 1.29 is 33.3 Å². The number of halogens is 1. The van der Waals surface area contributed by atoms with E-state index in [9.17, 15) is 9.59 Å². The molecule has 0 amide bonds. The molecule has 3 aromatic carbocycles. The number of ether oxygens (including phenoxy) is 5. The first-order valence-corrected chi connectivity index (χ1v) is 10.6. The Labute approximate surface area is 198 Å². The molecule has 1 aliphatic rings. The fourth-order valence-corrected chi connectivity index (χ4v) is 3.63. The number of methoxy groups -OCH3 is 3. The van der Waals surface area contributed by atoms with Gasteiger partial charge in [0.15, 0.2) is 17.3 Å². The quantitative estimate of drug-likeness (QED) is 0.252. The number of carbonyl (C=O) groups is 2. The monoisotopic (exact) mass is 510 g/mol. The van der Waals surface area contributed by atoms with Crippen LogP contribution >= 0.6 is 15.9 Å². The van der Waals surface area contributed by atoms with E-state index in [4.69, 9.17) is 23.7 Å². The molecule has 0 spiro atoms. The highest BCUT2D eigenvalue weighted by atomic mass is 79.9. The lowest BCUT2D eigenvalue weighted by atomic mass is 10.1. The highest BCUT2D eigenvalue weighted by Crippen LogP contribution is 2.42. The van der Waals surface area contributed by atoms with E-state index in [0.717, 1.165) is 4.47 Å². The van der Waals surface area contributed by atoms with Gasteiger partial charge in [-0.05, 0) is 54.6 Å². The van der Waals surface area contributed by atoms with Gasteiger partial charge in [-0.25, -0.2) is 4.79 Å². The van der Waals surface area contributed by atoms with E-state index in [0.29, 0.717) is 39.7 Å². The molecular formula is C25H19BrO7. The molecule has 0 unspecified atom stereocenters. The average Bonchev–Trinajstić information content (AvgIpc) is 3.13. The molecule has 0 saturated heterocycles. The zero-order valence-electron chi connectivity index (χ0n) is 18.0. The molecule has 33 heavy (non-hydrogen) atoms. The van der Waals surface area contributed by atoms with E-state index in [1.807, 2.05) is 0 Å². The molecule has 0 radical (unpaired) electrons. The molecular weight excluding hydrogens is 492 g/mol. The Bertz CT molecular complexity index is 1260. The number of esters is 1. The molecule has 0 bridgehead atoms. The SMILES string of the molecule is COc1ccc(/C=C2\Oc3cc(OC(=O)c4ccc(Br)cc4)ccc3C2=O)c(OC)c1OC. The molecule has 0 aliphatic carbocycles. The fourth-order valence-electron chi connectivity index (χ4n) is 3.36. The van der Waals surface area contributed by atoms with Crippen molar-refractivity contribution in [1.82, 2.24) is 0 Å². The van der Waals surface area contributed by atoms with Crippen LogP contribution < -0.4 is 23.7 Å². The van der Waals surface area contributed by atoms with Crippen molar-refractivity contribution >= 4 is 33.8 Å². The lowest BCUT2D eigenvalue weighted by molar-refractivity contribution is 0.0734. The van der Waals surface area contributed by atoms with Gasteiger partial charge in [0.25, 0.3) is 0 Å². The van der Waals surface area contributed by atoms with Crippen molar-refractivity contribution in [2.24, 2.45) is 0 Å². The van der Waals surface area contributed by atoms with Gasteiger partial charge in [0.05, 0.1) is 32.5 Å². The second kappa shape index (κ2) is 9.38. The maximum absolute atomic E-state index is 12.9. The van der Waals surface area contributed by atoms with Crippen molar-refractivity contribution in [1.29, 1.82) is 0 Å². The Morgan fingerprint density at radius 3 is 2.30 bits per heavy atom. The summed E-state index contributed by atoms with van der Waals surface area (Å²) in [6, 6.07) is 14.9. The fraction of sp³-hybridized carbons (Fsp3) is 0.120. The minimum absolute atomic E-state index is 0.104. The van der Waals surface area contributed by atoms with Crippen LogP contribution in [0.1, 0.15) is 26.3 Å². The Morgan fingerprint density at radius 2 is 1.64 bits per heavy atom. The summed E-state index contributed by atoms with van der Waals surface area (Å²) in [7, 11) is 4.52. The van der Waals surface area contributed by atoms with Crippen LogP contribution in [0.25, 0.3) is 6.08 Å². The number of fused-ring (bicyclic) bond motifs is 1. The molecule has 168 valence electrons. The van der Waals surface area contributed by atoms with Crippen molar-refractivity contribution in [2.45, 2.75) is 0 Å². The van der Waals surface area contributed by atoms with Gasteiger partial charge in [0, 0.05) is 16.1 Å². The van der Waals surface area contributed by atoms with Crippen LogP contribution in [-0.2, 0) is 0 Å². The number of hydrogen-bond donors (Lipinski definition) is 0. The smallest absolute Gasteiger partial charge is 0.343 e. The Kier molecular flexibility index (Phi) is 6.37. The number of rotatable bonds is 6. The summed E-state index contributed by atoms with van der Waals surface area (Å²) in [6.45, 7) is 0. The zero-order valence-corrected chi connectivity index (χ0v) is 19.6. The molecule has 4 rings (SSSR count). The van der Waals surface area contributed by atoms with E-state index >= 15 is 0 Å². The van der Waals surface area contributed by atoms with E-state index in [2.05, 4.69) is 15.9 Å². The molecule has 1 aliphatic heterocycles. The summed E-state index contributed by atoms with van der Waals surface area (Å²) in [6.07, 6.45) is 1.57. The Balaban J connectivity index is 1.60. The largest absolute Gasteiger partial charge is 0.493 e. The van der Waals surface area contributed by atoms with Crippen LogP contribution in [0.2, 0.25) is 0 Å². The van der Waals surface area contributed by atoms with E-state index < -0.39 is 5.97 Å². The maximum Gasteiger partial charge on any atom is 0.343 e. The number of benzene rings is 3. The third kappa shape index (κ3) is 4.42. The summed E-state index contributed by atoms with van der Waals surface area (Å²) in [5, 5.41) is 0. The van der Waals surface area contributed by atoms with Gasteiger partial charge in [0.1, 0.15) is 11.5 Å². The van der Waals surface area contributed by atoms with E-state index in [1.54, 1.807) is 54.6 Å². The second-order valence-electron chi connectivity index (χ2n) is 6.92. The topological polar surface area (TPSA) is 80.3 Å². The average molecular weight is 511 g/mol. The zero-order chi connectivity index (χ0) is 23.5. The molecule has 7 nitrogen and oxygen atoms in total. The molecule has 3 aromatic rings. The number of Topliss-reactive ketones (excluding diaryl/α,β-unsaturated/α-hetero) is 1. The molecule has 0 N–H and O–H groups in total. The first-order chi connectivity index (χ1) is 15.9. The molecule has 0 atom stereocenters. The molecule has 0 fully saturated rings. The lowest BCUT2D eigenvalue weighted by Gasteiger charge is -2.14. The van der Waals surface area contributed by atoms with Crippen molar-refractivity contribution in [3.8, 4) is 28.7 Å². The van der Waals surface area contributed by atoms with Crippen LogP contribution in [0.15, 0.2) is 64.8 Å². The summed E-state index contributed by atoms with van der Waals surface area (Å²) < 4.78 is 28.2. The predicted octanol–water partition coefficient (Wildman–Crippen LogP) is 5.31. The minimum Gasteiger partial charge on any atom is -0.493 e. The molecule has 0 saturated carbocycles. The van der Waals surface area contributed by atoms with Gasteiger partial charge in [-0.1, -0.05) is 15.9 Å². The highest BCUT2D eigenvalue weighted by molar-refractivity contribution is 9.10. The van der Waals surface area contributed by atoms with Crippen molar-refractivity contribution in [3.05, 3.63) is 81.5 Å². The third-order valence-electron chi connectivity index (χ3n) is 4.95. The normalized spacial score (nSPS) is 13.3. The summed E-state index contributed by atoms with van der Waals surface area (Å²) in [5.74, 6) is 1.15. The van der Waals surface area contributed by atoms with Crippen LogP contribution in [0.5, 0.6) is 28.7 Å². The number of allylic oxidation sites excluding steroid dienone is 1. The maximum atomic E-state index is 12.9. The molecule has 8 heteroatoms. The van der Waals surface area contributed by atoms with Crippen molar-refractivity contribution in [2.75, 3.05) is 21.3 Å². The number of carbonyl (C=O) groups excluding carboxylic acids is 2. The van der Waals surface area contributed by atoms with E-state index in [-0.39, 0.29) is 17.3 Å². The predicted molar refractivity (Wildman–Crippen MR) is 125 cm³/mol. The van der Waals surface area contributed by atoms with Crippen LogP contribution in [0.4, 0.5) is 0 Å². The molecule has 1 heterocycles. The first kappa shape index (κ1) is 22.4. The van der Waals surface area contributed by atoms with Gasteiger partial charge in [-0.15, -0.1) is 0 Å². The van der Waals surface area contributed by atoms with Gasteiger partial charge in [-0.3, -0.25) is 4.79 Å². The first-order valence-electron chi connectivity index (χ1n) is 9.80. The summed E-state index contributed by atoms with van der Waals surface area (Å²) in [4.78, 5) is 25.2. The van der Waals surface area contributed by atoms with Gasteiger partial charge in [0.2, 0.25) is 11.5 Å². The highest BCUT2D eigenvalue weighted by Gasteiger charge is 2.29. The molecule has 0 aromatic heterocycles. The lowest BCUT2D eigenvalue weighted by Crippen LogP contribution is -2.08. The standard InChI is InChI=1S/C25H19BrO7/c1-29-19-11-6-15(23(30-2)24(19)31-3)12-21-22(27)18-10-9-17(13-20(18)33-21)32-25(28)14-4-7-16(26)8-5-14/h4-13H,1-3H3/b21-12-. The van der Waals surface area contributed by atoms with Crippen LogP contribution in [0.3, 0.4) is 0 Å². The summed E-state index contributed by atoms with van der Waals surface area (Å²) >= 11 is 3.33. The van der Waals surface area contributed by atoms with Gasteiger partial charge < -0.3 is 23.7 Å². The summed E-state index contributed by atoms with van der Waals surface area (Å²) in [5.41, 5.74) is 1.34. The van der Waals surface area contributed by atoms with Crippen molar-refractivity contribution in [3.63, 3.8) is 0 Å². The third-order valence-corrected chi connectivity index (χ3v) is 5.48. The van der Waals surface area contributed by atoms with Crippen LogP contribution in [-0.4, -0.2) is 33.1 Å². The Hall–Kier alpha value is -3.78. The second-order valence-corrected chi connectivity index (χ2v) is 7.83. The van der Waals surface area contributed by atoms with E-state index in [1.165, 1.54) is 27.4 Å². The van der Waals surface area contributed by atoms with Crippen LogP contribution in [0, 0.1) is 0 Å². The van der Waals surface area contributed by atoms with Gasteiger partial charge >= 0.3 is 5.97 Å². The number of ketones is 1. The van der Waals surface area contributed by atoms with Gasteiger partial charge in [-0.2, -0.15) is 0 Å².